The Balaban J connectivity index is 1.24. The highest BCUT2D eigenvalue weighted by molar-refractivity contribution is 7.91. The minimum absolute atomic E-state index is 0.161. The molecule has 0 amide bonds. The first-order chi connectivity index (χ1) is 24.1. The molecule has 2 aliphatic heterocycles. The summed E-state index contributed by atoms with van der Waals surface area (Å²) in [5, 5.41) is 7.27. The molecule has 2 N–H and O–H groups in total. The van der Waals surface area contributed by atoms with Crippen LogP contribution in [-0.2, 0) is 21.1 Å². The molecule has 4 heterocycles. The highest BCUT2D eigenvalue weighted by Gasteiger charge is 2.25. The first-order valence-corrected chi connectivity index (χ1v) is 18.5. The molecule has 10 nitrogen and oxygen atoms in total. The van der Waals surface area contributed by atoms with Gasteiger partial charge in [0.25, 0.3) is 5.56 Å². The molecular formula is C38H41FN6O4S. The number of pyridine rings is 1. The van der Waals surface area contributed by atoms with E-state index in [1.807, 2.05) is 13.0 Å². The lowest BCUT2D eigenvalue weighted by Crippen LogP contribution is -2.54. The first-order valence-electron chi connectivity index (χ1n) is 17.0. The number of ether oxygens (including phenoxy) is 1. The first kappa shape index (κ1) is 33.8. The molecule has 260 valence electrons. The zero-order chi connectivity index (χ0) is 35.0. The standard InChI is InChI=1S/C38H41FN6O4S/c1-24-17-31(50(47,48)30-7-5-4-6-8-30)10-11-32(24)33-18-28-20-40-38(43-36(28)45(37(33)46)23-27-13-15-49-16-14-27)42-29-9-12-35(34(39)19-29)44-21-25(2)41-26(3)22-44/h4-12,17-20,25-27,41H,13-16,21-23H2,1-3H3,(H,40,42,43)/t25-,26+. The predicted molar refractivity (Wildman–Crippen MR) is 193 cm³/mol. The van der Waals surface area contributed by atoms with E-state index >= 15 is 4.39 Å². The van der Waals surface area contributed by atoms with Crippen molar-refractivity contribution in [2.24, 2.45) is 5.92 Å². The summed E-state index contributed by atoms with van der Waals surface area (Å²) >= 11 is 0. The number of aryl methyl sites for hydroxylation is 1. The largest absolute Gasteiger partial charge is 0.381 e. The summed E-state index contributed by atoms with van der Waals surface area (Å²) in [6.07, 6.45) is 3.29. The molecule has 2 atom stereocenters. The van der Waals surface area contributed by atoms with E-state index in [-0.39, 0.29) is 45.1 Å². The Bertz CT molecular complexity index is 2200. The second kappa shape index (κ2) is 13.9. The van der Waals surface area contributed by atoms with Gasteiger partial charge in [0.2, 0.25) is 15.8 Å². The normalized spacial score (nSPS) is 18.8. The van der Waals surface area contributed by atoms with Gasteiger partial charge in [-0.25, -0.2) is 17.8 Å². The Morgan fingerprint density at radius 2 is 1.68 bits per heavy atom. The van der Waals surface area contributed by atoms with Crippen molar-refractivity contribution in [1.82, 2.24) is 19.9 Å². The van der Waals surface area contributed by atoms with E-state index in [0.29, 0.717) is 71.9 Å². The van der Waals surface area contributed by atoms with Gasteiger partial charge in [0.05, 0.1) is 15.5 Å². The zero-order valence-electron chi connectivity index (χ0n) is 28.4. The molecule has 0 bridgehead atoms. The summed E-state index contributed by atoms with van der Waals surface area (Å²) < 4.78 is 49.3. The fourth-order valence-electron chi connectivity index (χ4n) is 7.10. The van der Waals surface area contributed by atoms with Gasteiger partial charge in [-0.15, -0.1) is 0 Å². The predicted octanol–water partition coefficient (Wildman–Crippen LogP) is 6.10. The van der Waals surface area contributed by atoms with Crippen molar-refractivity contribution in [3.05, 3.63) is 101 Å². The highest BCUT2D eigenvalue weighted by Crippen LogP contribution is 2.30. The Kier molecular flexibility index (Phi) is 9.42. The molecule has 0 aliphatic carbocycles. The van der Waals surface area contributed by atoms with Crippen LogP contribution in [0.15, 0.2) is 93.6 Å². The molecule has 0 saturated carbocycles. The molecule has 2 aromatic heterocycles. The lowest BCUT2D eigenvalue weighted by atomic mass is 9.98. The Morgan fingerprint density at radius 3 is 2.38 bits per heavy atom. The van der Waals surface area contributed by atoms with E-state index in [2.05, 4.69) is 34.4 Å². The maximum absolute atomic E-state index is 15.4. The number of aromatic nitrogens is 3. The number of rotatable bonds is 8. The maximum atomic E-state index is 15.4. The summed E-state index contributed by atoms with van der Waals surface area (Å²) in [5.74, 6) is 0.118. The average molecular weight is 697 g/mol. The Morgan fingerprint density at radius 1 is 0.940 bits per heavy atom. The van der Waals surface area contributed by atoms with Crippen LogP contribution in [0.1, 0.15) is 32.3 Å². The number of anilines is 3. The number of hydrogen-bond acceptors (Lipinski definition) is 9. The average Bonchev–Trinajstić information content (AvgIpc) is 3.10. The quantitative estimate of drug-likeness (QED) is 0.199. The van der Waals surface area contributed by atoms with E-state index in [0.717, 1.165) is 12.8 Å². The van der Waals surface area contributed by atoms with Crippen LogP contribution in [0.2, 0.25) is 0 Å². The highest BCUT2D eigenvalue weighted by atomic mass is 32.2. The van der Waals surface area contributed by atoms with Crippen molar-refractivity contribution in [2.75, 3.05) is 36.5 Å². The summed E-state index contributed by atoms with van der Waals surface area (Å²) in [4.78, 5) is 26.1. The van der Waals surface area contributed by atoms with Crippen LogP contribution in [0, 0.1) is 18.7 Å². The van der Waals surface area contributed by atoms with Gasteiger partial charge in [-0.2, -0.15) is 4.98 Å². The minimum Gasteiger partial charge on any atom is -0.381 e. The second-order valence-electron chi connectivity index (χ2n) is 13.5. The van der Waals surface area contributed by atoms with E-state index in [9.17, 15) is 13.2 Å². The fraction of sp³-hybridized carbons (Fsp3) is 0.342. The van der Waals surface area contributed by atoms with Crippen molar-refractivity contribution in [3.63, 3.8) is 0 Å². The number of sulfone groups is 1. The molecule has 2 fully saturated rings. The summed E-state index contributed by atoms with van der Waals surface area (Å²) in [7, 11) is -3.73. The van der Waals surface area contributed by atoms with Gasteiger partial charge in [0, 0.05) is 67.8 Å². The lowest BCUT2D eigenvalue weighted by Gasteiger charge is -2.37. The van der Waals surface area contributed by atoms with Crippen LogP contribution in [-0.4, -0.2) is 61.3 Å². The lowest BCUT2D eigenvalue weighted by molar-refractivity contribution is 0.0613. The van der Waals surface area contributed by atoms with Crippen LogP contribution < -0.4 is 21.1 Å². The van der Waals surface area contributed by atoms with E-state index in [1.54, 1.807) is 71.4 Å². The minimum atomic E-state index is -3.73. The van der Waals surface area contributed by atoms with Crippen LogP contribution in [0.25, 0.3) is 22.2 Å². The third-order valence-corrected chi connectivity index (χ3v) is 11.3. The second-order valence-corrected chi connectivity index (χ2v) is 15.4. The molecule has 0 radical (unpaired) electrons. The van der Waals surface area contributed by atoms with E-state index < -0.39 is 9.84 Å². The van der Waals surface area contributed by atoms with Crippen molar-refractivity contribution >= 4 is 38.2 Å². The number of halogens is 1. The molecule has 12 heteroatoms. The van der Waals surface area contributed by atoms with Crippen LogP contribution in [0.4, 0.5) is 21.7 Å². The topological polar surface area (TPSA) is 118 Å². The Labute approximate surface area is 291 Å². The summed E-state index contributed by atoms with van der Waals surface area (Å²) in [5.41, 5.74) is 3.01. The van der Waals surface area contributed by atoms with Gasteiger partial charge in [-0.05, 0) is 99.2 Å². The summed E-state index contributed by atoms with van der Waals surface area (Å²) in [6.45, 7) is 9.11. The smallest absolute Gasteiger partial charge is 0.260 e. The van der Waals surface area contributed by atoms with Crippen LogP contribution in [0.5, 0.6) is 0 Å². The molecule has 7 rings (SSSR count). The Hall–Kier alpha value is -4.65. The monoisotopic (exact) mass is 696 g/mol. The van der Waals surface area contributed by atoms with Gasteiger partial charge >= 0.3 is 0 Å². The SMILES string of the molecule is Cc1cc(S(=O)(=O)c2ccccc2)ccc1-c1cc2cnc(Nc3ccc(N4C[C@@H](C)N[C@@H](C)C4)c(F)c3)nc2n(CC2CCOCC2)c1=O. The van der Waals surface area contributed by atoms with Crippen LogP contribution >= 0.6 is 0 Å². The van der Waals surface area contributed by atoms with Gasteiger partial charge < -0.3 is 20.3 Å². The molecular weight excluding hydrogens is 656 g/mol. The number of fused-ring (bicyclic) bond motifs is 1. The molecule has 2 aliphatic rings. The fourth-order valence-corrected chi connectivity index (χ4v) is 8.47. The zero-order valence-corrected chi connectivity index (χ0v) is 29.2. The van der Waals surface area contributed by atoms with Crippen LogP contribution in [0.3, 0.4) is 0 Å². The van der Waals surface area contributed by atoms with Gasteiger partial charge in [-0.3, -0.25) is 9.36 Å². The number of nitrogens with one attached hydrogen (secondary N) is 2. The molecule has 0 unspecified atom stereocenters. The van der Waals surface area contributed by atoms with Gasteiger partial charge in [-0.1, -0.05) is 24.3 Å². The number of hydrogen-bond donors (Lipinski definition) is 2. The molecule has 5 aromatic rings. The number of benzene rings is 3. The molecule has 3 aromatic carbocycles. The van der Waals surface area contributed by atoms with E-state index in [1.165, 1.54) is 6.07 Å². The number of nitrogens with zero attached hydrogens (tertiary/aromatic N) is 4. The van der Waals surface area contributed by atoms with Crippen molar-refractivity contribution < 1.29 is 17.5 Å². The molecule has 2 saturated heterocycles. The summed E-state index contributed by atoms with van der Waals surface area (Å²) in [6, 6.07) is 20.4. The van der Waals surface area contributed by atoms with Crippen molar-refractivity contribution in [3.8, 4) is 11.1 Å². The third-order valence-electron chi connectivity index (χ3n) is 9.56. The molecule has 50 heavy (non-hydrogen) atoms. The number of piperazine rings is 1. The maximum Gasteiger partial charge on any atom is 0.260 e. The third kappa shape index (κ3) is 6.87. The molecule has 0 spiro atoms. The van der Waals surface area contributed by atoms with Crippen molar-refractivity contribution in [2.45, 2.75) is 62.0 Å². The van der Waals surface area contributed by atoms with Gasteiger partial charge in [0.15, 0.2) is 0 Å². The van der Waals surface area contributed by atoms with Gasteiger partial charge in [0.1, 0.15) is 11.5 Å². The van der Waals surface area contributed by atoms with E-state index in [4.69, 9.17) is 9.72 Å². The van der Waals surface area contributed by atoms with Crippen molar-refractivity contribution in [1.29, 1.82) is 0 Å².